The molecular formula is C17H18N2O2S. The van der Waals surface area contributed by atoms with Crippen molar-refractivity contribution < 1.29 is 8.42 Å². The number of aromatic nitrogens is 1. The van der Waals surface area contributed by atoms with Crippen molar-refractivity contribution in [3.63, 3.8) is 0 Å². The maximum absolute atomic E-state index is 12.9. The first-order chi connectivity index (χ1) is 10.6. The van der Waals surface area contributed by atoms with Crippen molar-refractivity contribution in [3.05, 3.63) is 58.9 Å². The number of aryl methyl sites for hydroxylation is 2. The Morgan fingerprint density at radius 2 is 1.77 bits per heavy atom. The molecular weight excluding hydrogens is 296 g/mol. The second-order valence-corrected chi connectivity index (χ2v) is 7.96. The molecule has 2 aromatic rings. The molecule has 0 spiro atoms. The summed E-state index contributed by atoms with van der Waals surface area (Å²) >= 11 is 0. The van der Waals surface area contributed by atoms with Crippen LogP contribution >= 0.6 is 0 Å². The predicted octanol–water partition coefficient (Wildman–Crippen LogP) is 2.66. The Balaban J connectivity index is 1.67. The Hall–Kier alpha value is -1.72. The third-order valence-electron chi connectivity index (χ3n) is 4.62. The standard InChI is InChI=1S/C17H18N2O2S/c20-22(21,19-11-15-6-3-9-18-17(15)12-19)16-8-7-13-4-1-2-5-14(13)10-16/h3,6-10H,1-2,4-5,11-12H2. The minimum absolute atomic E-state index is 0.371. The van der Waals surface area contributed by atoms with Crippen LogP contribution in [0.25, 0.3) is 0 Å². The third kappa shape index (κ3) is 2.25. The number of fused-ring (bicyclic) bond motifs is 2. The van der Waals surface area contributed by atoms with E-state index in [-0.39, 0.29) is 0 Å². The molecule has 0 fully saturated rings. The van der Waals surface area contributed by atoms with E-state index in [0.717, 1.165) is 30.5 Å². The van der Waals surface area contributed by atoms with Crippen molar-refractivity contribution >= 4 is 10.0 Å². The number of pyridine rings is 1. The summed E-state index contributed by atoms with van der Waals surface area (Å²) in [7, 11) is -3.45. The van der Waals surface area contributed by atoms with Crippen molar-refractivity contribution in [2.45, 2.75) is 43.7 Å². The van der Waals surface area contributed by atoms with Gasteiger partial charge >= 0.3 is 0 Å². The molecule has 0 amide bonds. The van der Waals surface area contributed by atoms with Crippen LogP contribution in [-0.4, -0.2) is 17.7 Å². The van der Waals surface area contributed by atoms with Crippen LogP contribution in [0.2, 0.25) is 0 Å². The van der Waals surface area contributed by atoms with E-state index in [1.165, 1.54) is 21.9 Å². The highest BCUT2D eigenvalue weighted by atomic mass is 32.2. The van der Waals surface area contributed by atoms with E-state index in [1.807, 2.05) is 24.3 Å². The molecule has 114 valence electrons. The van der Waals surface area contributed by atoms with Gasteiger partial charge in [-0.05, 0) is 60.6 Å². The molecule has 0 saturated carbocycles. The summed E-state index contributed by atoms with van der Waals surface area (Å²) in [6, 6.07) is 9.43. The van der Waals surface area contributed by atoms with Crippen molar-refractivity contribution in [1.29, 1.82) is 0 Å². The Bertz CT molecular complexity index is 805. The molecule has 0 radical (unpaired) electrons. The maximum Gasteiger partial charge on any atom is 0.243 e. The van der Waals surface area contributed by atoms with Gasteiger partial charge in [-0.1, -0.05) is 12.1 Å². The first-order valence-corrected chi connectivity index (χ1v) is 9.13. The summed E-state index contributed by atoms with van der Waals surface area (Å²) < 4.78 is 27.3. The molecule has 0 saturated heterocycles. The van der Waals surface area contributed by atoms with Gasteiger partial charge in [0.1, 0.15) is 0 Å². The lowest BCUT2D eigenvalue weighted by molar-refractivity contribution is 0.429. The highest BCUT2D eigenvalue weighted by Gasteiger charge is 2.31. The Kier molecular flexibility index (Phi) is 3.27. The third-order valence-corrected chi connectivity index (χ3v) is 6.40. The van der Waals surface area contributed by atoms with Gasteiger partial charge in [0.05, 0.1) is 17.1 Å². The average Bonchev–Trinajstić information content (AvgIpc) is 2.99. The molecule has 1 aliphatic heterocycles. The zero-order chi connectivity index (χ0) is 15.2. The summed E-state index contributed by atoms with van der Waals surface area (Å²) in [4.78, 5) is 4.70. The minimum atomic E-state index is -3.45. The number of hydrogen-bond donors (Lipinski definition) is 0. The summed E-state index contributed by atoms with van der Waals surface area (Å²) in [6.07, 6.45) is 6.12. The molecule has 0 N–H and O–H groups in total. The van der Waals surface area contributed by atoms with Crippen LogP contribution in [0.5, 0.6) is 0 Å². The quantitative estimate of drug-likeness (QED) is 0.856. The lowest BCUT2D eigenvalue weighted by Crippen LogP contribution is -2.26. The van der Waals surface area contributed by atoms with Crippen LogP contribution in [0, 0.1) is 0 Å². The summed E-state index contributed by atoms with van der Waals surface area (Å²) in [6.45, 7) is 0.790. The molecule has 0 unspecified atom stereocenters. The summed E-state index contributed by atoms with van der Waals surface area (Å²) in [5, 5.41) is 0. The molecule has 0 bridgehead atoms. The number of nitrogens with zero attached hydrogens (tertiary/aromatic N) is 2. The van der Waals surface area contributed by atoms with Gasteiger partial charge in [-0.15, -0.1) is 0 Å². The highest BCUT2D eigenvalue weighted by Crippen LogP contribution is 2.30. The van der Waals surface area contributed by atoms with Crippen LogP contribution in [-0.2, 0) is 36.0 Å². The van der Waals surface area contributed by atoms with Crippen molar-refractivity contribution in [3.8, 4) is 0 Å². The predicted molar refractivity (Wildman–Crippen MR) is 83.8 cm³/mol. The largest absolute Gasteiger partial charge is 0.260 e. The van der Waals surface area contributed by atoms with Gasteiger partial charge in [-0.25, -0.2) is 8.42 Å². The second-order valence-electron chi connectivity index (χ2n) is 6.02. The lowest BCUT2D eigenvalue weighted by atomic mass is 9.92. The fourth-order valence-corrected chi connectivity index (χ4v) is 4.79. The van der Waals surface area contributed by atoms with Gasteiger partial charge in [-0.2, -0.15) is 4.31 Å². The van der Waals surface area contributed by atoms with Crippen LogP contribution in [0.4, 0.5) is 0 Å². The van der Waals surface area contributed by atoms with Gasteiger partial charge in [0.15, 0.2) is 0 Å². The Labute approximate surface area is 130 Å². The van der Waals surface area contributed by atoms with E-state index < -0.39 is 10.0 Å². The zero-order valence-corrected chi connectivity index (χ0v) is 13.1. The van der Waals surface area contributed by atoms with Gasteiger partial charge in [-0.3, -0.25) is 4.98 Å². The smallest absolute Gasteiger partial charge is 0.243 e. The van der Waals surface area contributed by atoms with Crippen molar-refractivity contribution in [1.82, 2.24) is 9.29 Å². The SMILES string of the molecule is O=S(=O)(c1ccc2c(c1)CCCC2)N1Cc2cccnc2C1. The number of rotatable bonds is 2. The fourth-order valence-electron chi connectivity index (χ4n) is 3.36. The molecule has 22 heavy (non-hydrogen) atoms. The van der Waals surface area contributed by atoms with Gasteiger partial charge < -0.3 is 0 Å². The van der Waals surface area contributed by atoms with Crippen LogP contribution in [0.15, 0.2) is 41.4 Å². The van der Waals surface area contributed by atoms with Gasteiger partial charge in [0.2, 0.25) is 10.0 Å². The molecule has 4 nitrogen and oxygen atoms in total. The van der Waals surface area contributed by atoms with E-state index in [1.54, 1.807) is 12.3 Å². The topological polar surface area (TPSA) is 50.3 Å². The molecule has 1 aromatic heterocycles. The van der Waals surface area contributed by atoms with E-state index >= 15 is 0 Å². The number of sulfonamides is 1. The summed E-state index contributed by atoms with van der Waals surface area (Å²) in [5.74, 6) is 0. The van der Waals surface area contributed by atoms with Crippen LogP contribution < -0.4 is 0 Å². The molecule has 2 aliphatic rings. The molecule has 1 aliphatic carbocycles. The maximum atomic E-state index is 12.9. The average molecular weight is 314 g/mol. The molecule has 4 rings (SSSR count). The molecule has 2 heterocycles. The van der Waals surface area contributed by atoms with Crippen LogP contribution in [0.3, 0.4) is 0 Å². The normalized spacial score (nSPS) is 18.0. The highest BCUT2D eigenvalue weighted by molar-refractivity contribution is 7.89. The first kappa shape index (κ1) is 13.9. The molecule has 0 atom stereocenters. The van der Waals surface area contributed by atoms with Gasteiger partial charge in [0, 0.05) is 12.7 Å². The minimum Gasteiger partial charge on any atom is -0.260 e. The lowest BCUT2D eigenvalue weighted by Gasteiger charge is -2.19. The van der Waals surface area contributed by atoms with Gasteiger partial charge in [0.25, 0.3) is 0 Å². The van der Waals surface area contributed by atoms with E-state index in [4.69, 9.17) is 0 Å². The zero-order valence-electron chi connectivity index (χ0n) is 12.3. The first-order valence-electron chi connectivity index (χ1n) is 7.69. The van der Waals surface area contributed by atoms with Crippen molar-refractivity contribution in [2.24, 2.45) is 0 Å². The number of hydrogen-bond acceptors (Lipinski definition) is 3. The second kappa shape index (κ2) is 5.18. The molecule has 1 aromatic carbocycles. The Morgan fingerprint density at radius 1 is 0.955 bits per heavy atom. The monoisotopic (exact) mass is 314 g/mol. The fraction of sp³-hybridized carbons (Fsp3) is 0.353. The van der Waals surface area contributed by atoms with E-state index in [2.05, 4.69) is 4.98 Å². The summed E-state index contributed by atoms with van der Waals surface area (Å²) in [5.41, 5.74) is 4.37. The van der Waals surface area contributed by atoms with E-state index in [9.17, 15) is 8.42 Å². The van der Waals surface area contributed by atoms with Crippen molar-refractivity contribution in [2.75, 3.05) is 0 Å². The van der Waals surface area contributed by atoms with Crippen LogP contribution in [0.1, 0.15) is 35.2 Å². The Morgan fingerprint density at radius 3 is 2.59 bits per heavy atom. The van der Waals surface area contributed by atoms with E-state index in [0.29, 0.717) is 18.0 Å². The molecule has 5 heteroatoms. The number of benzene rings is 1.